The summed E-state index contributed by atoms with van der Waals surface area (Å²) in [4.78, 5) is 10.4. The summed E-state index contributed by atoms with van der Waals surface area (Å²) in [5.41, 5.74) is 0. The molecule has 0 saturated carbocycles. The van der Waals surface area contributed by atoms with Crippen LogP contribution in [0.4, 0.5) is 0 Å². The fourth-order valence-electron chi connectivity index (χ4n) is 0.359. The predicted octanol–water partition coefficient (Wildman–Crippen LogP) is -0.479. The molecular weight excluding hydrogens is 293 g/mol. The summed E-state index contributed by atoms with van der Waals surface area (Å²) in [5.74, 6) is -0.348. The number of hydrogen-bond donors (Lipinski definition) is 1. The van der Waals surface area contributed by atoms with E-state index in [9.17, 15) is 9.36 Å². The average molecular weight is 304 g/mol. The van der Waals surface area contributed by atoms with E-state index in [1.165, 1.54) is 14.0 Å². The van der Waals surface area contributed by atoms with Crippen LogP contribution in [0.3, 0.4) is 0 Å². The second kappa shape index (κ2) is 9.65. The molecule has 0 fully saturated rings. The molecular formula is C4H10MgNO7PS2. The zero-order valence-corrected chi connectivity index (χ0v) is 12.8. The Labute approximate surface area is 114 Å². The van der Waals surface area contributed by atoms with E-state index in [2.05, 4.69) is 9.61 Å². The Balaban J connectivity index is -0.000000242. The molecule has 0 spiro atoms. The fraction of sp³-hybridized carbons (Fsp3) is 0.750. The van der Waals surface area contributed by atoms with Crippen molar-refractivity contribution >= 4 is 57.5 Å². The van der Waals surface area contributed by atoms with Crippen molar-refractivity contribution in [2.75, 3.05) is 13.4 Å². The monoisotopic (exact) mass is 303 g/mol. The van der Waals surface area contributed by atoms with Crippen molar-refractivity contribution in [2.45, 2.75) is 6.92 Å². The third-order valence-corrected chi connectivity index (χ3v) is 4.49. The van der Waals surface area contributed by atoms with Crippen LogP contribution in [0.25, 0.3) is 0 Å². The van der Waals surface area contributed by atoms with Crippen LogP contribution in [0.1, 0.15) is 6.92 Å². The van der Waals surface area contributed by atoms with E-state index in [1.54, 1.807) is 6.26 Å². The molecule has 1 atom stereocenters. The van der Waals surface area contributed by atoms with Gasteiger partial charge in [-0.05, 0) is 6.26 Å². The van der Waals surface area contributed by atoms with E-state index in [-0.39, 0.29) is 29.0 Å². The molecule has 0 bridgehead atoms. The van der Waals surface area contributed by atoms with Gasteiger partial charge in [-0.2, -0.15) is 0 Å². The molecule has 16 heavy (non-hydrogen) atoms. The summed E-state index contributed by atoms with van der Waals surface area (Å²) in [7, 11) is -3.87. The van der Waals surface area contributed by atoms with Crippen molar-refractivity contribution in [3.05, 3.63) is 0 Å². The van der Waals surface area contributed by atoms with Crippen LogP contribution in [-0.2, 0) is 24.3 Å². The Bertz CT molecular complexity index is 328. The summed E-state index contributed by atoms with van der Waals surface area (Å²) in [5, 5.41) is 2.21. The average Bonchev–Trinajstić information content (AvgIpc) is 2.00. The molecule has 8 nitrogen and oxygen atoms in total. The third-order valence-electron chi connectivity index (χ3n) is 0.775. The van der Waals surface area contributed by atoms with Gasteiger partial charge in [0.15, 0.2) is 0 Å². The molecule has 1 unspecified atom stereocenters. The summed E-state index contributed by atoms with van der Waals surface area (Å²) < 4.78 is 49.8. The number of carbonyl (C=O) groups excluding carboxylic acids is 1. The quantitative estimate of drug-likeness (QED) is 0.319. The van der Waals surface area contributed by atoms with Gasteiger partial charge in [0.1, 0.15) is 0 Å². The molecule has 0 aliphatic rings. The van der Waals surface area contributed by atoms with Gasteiger partial charge in [-0.15, -0.1) is 0 Å². The minimum absolute atomic E-state index is 0. The molecule has 0 aromatic carbocycles. The molecule has 0 aromatic rings. The SMILES string of the molecule is COP(=O)(NC(C)=O)SC.O=S(=O)([O-])[O-].[Mg+2]. The van der Waals surface area contributed by atoms with Gasteiger partial charge in [-0.25, -0.2) is 0 Å². The first-order chi connectivity index (χ1) is 6.54. The standard InChI is InChI=1S/C4H10NO3PS.Mg.H2O4S/c1-4(6)5-9(7,8-2)10-3;;1-5(2,3)4/h1-3H3,(H,5,6,7);;(H2,1,2,3,4)/q;+2;/p-2. The van der Waals surface area contributed by atoms with Crippen molar-refractivity contribution < 1.29 is 31.4 Å². The van der Waals surface area contributed by atoms with E-state index in [0.717, 1.165) is 11.4 Å². The van der Waals surface area contributed by atoms with Crippen molar-refractivity contribution in [3.8, 4) is 0 Å². The van der Waals surface area contributed by atoms with Crippen LogP contribution in [0, 0.1) is 0 Å². The molecule has 92 valence electrons. The van der Waals surface area contributed by atoms with Crippen molar-refractivity contribution in [3.63, 3.8) is 0 Å². The molecule has 1 amide bonds. The fourth-order valence-corrected chi connectivity index (χ4v) is 2.18. The number of hydrogen-bond acceptors (Lipinski definition) is 8. The number of amides is 1. The van der Waals surface area contributed by atoms with E-state index < -0.39 is 17.1 Å². The molecule has 0 saturated heterocycles. The van der Waals surface area contributed by atoms with Gasteiger partial charge >= 0.3 is 29.8 Å². The zero-order valence-electron chi connectivity index (χ0n) is 8.83. The van der Waals surface area contributed by atoms with Gasteiger partial charge in [0, 0.05) is 24.4 Å². The Morgan fingerprint density at radius 3 is 1.81 bits per heavy atom. The topological polar surface area (TPSA) is 136 Å². The van der Waals surface area contributed by atoms with Gasteiger partial charge in [-0.3, -0.25) is 22.9 Å². The van der Waals surface area contributed by atoms with Crippen LogP contribution in [0.5, 0.6) is 0 Å². The zero-order chi connectivity index (χ0) is 12.7. The minimum atomic E-state index is -5.17. The molecule has 0 aliphatic carbocycles. The number of carbonyl (C=O) groups is 1. The Kier molecular flexibility index (Phi) is 13.2. The van der Waals surface area contributed by atoms with Crippen LogP contribution in [0.15, 0.2) is 0 Å². The molecule has 0 rings (SSSR count). The van der Waals surface area contributed by atoms with E-state index in [1.807, 2.05) is 0 Å². The molecule has 0 heterocycles. The van der Waals surface area contributed by atoms with Crippen molar-refractivity contribution in [2.24, 2.45) is 0 Å². The maximum absolute atomic E-state index is 11.2. The van der Waals surface area contributed by atoms with Crippen molar-refractivity contribution in [1.29, 1.82) is 0 Å². The van der Waals surface area contributed by atoms with Crippen LogP contribution >= 0.6 is 18.1 Å². The second-order valence-corrected chi connectivity index (χ2v) is 7.24. The first-order valence-corrected chi connectivity index (χ1v) is 8.00. The van der Waals surface area contributed by atoms with Gasteiger partial charge in [0.25, 0.3) is 0 Å². The van der Waals surface area contributed by atoms with Crippen LogP contribution in [-0.4, -0.2) is 59.8 Å². The minimum Gasteiger partial charge on any atom is -0.759 e. The second-order valence-electron chi connectivity index (χ2n) is 1.94. The maximum atomic E-state index is 11.2. The van der Waals surface area contributed by atoms with E-state index in [4.69, 9.17) is 17.5 Å². The van der Waals surface area contributed by atoms with Crippen LogP contribution < -0.4 is 5.09 Å². The summed E-state index contributed by atoms with van der Waals surface area (Å²) in [6.45, 7) is -1.63. The number of nitrogens with one attached hydrogen (secondary N) is 1. The maximum Gasteiger partial charge on any atom is 2.00 e. The molecule has 0 aromatic heterocycles. The predicted molar refractivity (Wildman–Crippen MR) is 58.2 cm³/mol. The first-order valence-electron chi connectivity index (χ1n) is 3.21. The van der Waals surface area contributed by atoms with Crippen LogP contribution in [0.2, 0.25) is 0 Å². The molecule has 12 heteroatoms. The Morgan fingerprint density at radius 2 is 1.75 bits per heavy atom. The Hall–Kier alpha value is 0.646. The largest absolute Gasteiger partial charge is 2.00 e. The van der Waals surface area contributed by atoms with Gasteiger partial charge < -0.3 is 13.6 Å². The normalized spacial score (nSPS) is 13.6. The summed E-state index contributed by atoms with van der Waals surface area (Å²) in [6.07, 6.45) is 1.61. The summed E-state index contributed by atoms with van der Waals surface area (Å²) >= 11 is 1.00. The number of rotatable bonds is 3. The van der Waals surface area contributed by atoms with Gasteiger partial charge in [-0.1, -0.05) is 11.4 Å². The molecule has 1 N–H and O–H groups in total. The van der Waals surface area contributed by atoms with Crippen molar-refractivity contribution in [1.82, 2.24) is 5.09 Å². The van der Waals surface area contributed by atoms with Gasteiger partial charge in [0.2, 0.25) is 5.91 Å². The molecule has 0 radical (unpaired) electrons. The van der Waals surface area contributed by atoms with Gasteiger partial charge in [0.05, 0.1) is 0 Å². The molecule has 0 aliphatic heterocycles. The van der Waals surface area contributed by atoms with E-state index in [0.29, 0.717) is 0 Å². The van der Waals surface area contributed by atoms with E-state index >= 15 is 0 Å². The third kappa shape index (κ3) is 20.1. The summed E-state index contributed by atoms with van der Waals surface area (Å²) in [6, 6.07) is 0. The first kappa shape index (κ1) is 21.9. The smallest absolute Gasteiger partial charge is 0.759 e. The Morgan fingerprint density at radius 1 is 1.44 bits per heavy atom.